The van der Waals surface area contributed by atoms with Crippen LogP contribution in [-0.2, 0) is 19.2 Å². The molecular formula is C29H29N3NaO6S. The third kappa shape index (κ3) is 6.47. The smallest absolute Gasteiger partial charge is 0.317 e. The molecule has 0 spiro atoms. The first-order valence-electron chi connectivity index (χ1n) is 13.0. The van der Waals surface area contributed by atoms with E-state index in [1.54, 1.807) is 54.6 Å². The van der Waals surface area contributed by atoms with Crippen LogP contribution < -0.4 is 16.1 Å². The Morgan fingerprint density at radius 2 is 1.38 bits per heavy atom. The van der Waals surface area contributed by atoms with Gasteiger partial charge in [-0.05, 0) is 37.1 Å². The van der Waals surface area contributed by atoms with Crippen LogP contribution >= 0.6 is 0 Å². The molecule has 1 fully saturated rings. The van der Waals surface area contributed by atoms with Gasteiger partial charge >= 0.3 is 10.1 Å². The number of amides is 1. The van der Waals surface area contributed by atoms with Crippen LogP contribution in [0.4, 0.5) is 11.4 Å². The predicted molar refractivity (Wildman–Crippen MR) is 152 cm³/mol. The number of benzene rings is 3. The maximum Gasteiger partial charge on any atom is 0.317 e. The first-order chi connectivity index (χ1) is 18.8. The summed E-state index contributed by atoms with van der Waals surface area (Å²) in [5, 5.41) is 6.58. The van der Waals surface area contributed by atoms with Gasteiger partial charge in [-0.2, -0.15) is 8.42 Å². The van der Waals surface area contributed by atoms with E-state index in [9.17, 15) is 22.8 Å². The molecule has 0 aliphatic heterocycles. The molecule has 9 nitrogen and oxygen atoms in total. The second-order valence-corrected chi connectivity index (χ2v) is 11.2. The average molecular weight is 571 g/mol. The average Bonchev–Trinajstić information content (AvgIpc) is 2.96. The molecule has 0 unspecified atom stereocenters. The fourth-order valence-corrected chi connectivity index (χ4v) is 5.84. The zero-order valence-corrected chi connectivity index (χ0v) is 25.1. The van der Waals surface area contributed by atoms with Gasteiger partial charge in [-0.3, -0.25) is 14.4 Å². The monoisotopic (exact) mass is 570 g/mol. The van der Waals surface area contributed by atoms with E-state index in [4.69, 9.17) is 0 Å². The van der Waals surface area contributed by atoms with E-state index in [-0.39, 0.29) is 70.6 Å². The summed E-state index contributed by atoms with van der Waals surface area (Å²) in [6, 6.07) is 18.0. The van der Waals surface area contributed by atoms with Gasteiger partial charge in [0, 0.05) is 71.1 Å². The number of hydrogen-bond donors (Lipinski definition) is 3. The van der Waals surface area contributed by atoms with Crippen molar-refractivity contribution in [3.63, 3.8) is 0 Å². The maximum atomic E-state index is 13.6. The Kier molecular flexibility index (Phi) is 9.81. The summed E-state index contributed by atoms with van der Waals surface area (Å²) in [5.41, 5.74) is 4.32. The normalized spacial score (nSPS) is 14.9. The van der Waals surface area contributed by atoms with Crippen molar-refractivity contribution < 1.29 is 27.1 Å². The Labute approximate surface area is 255 Å². The molecule has 1 amide bonds. The van der Waals surface area contributed by atoms with Crippen LogP contribution in [0.1, 0.15) is 70.4 Å². The van der Waals surface area contributed by atoms with E-state index in [1.807, 2.05) is 5.48 Å². The van der Waals surface area contributed by atoms with E-state index in [0.29, 0.717) is 28.1 Å². The Hall–Kier alpha value is -3.02. The molecule has 3 N–H and O–H groups in total. The molecule has 1 radical (unpaired) electrons. The molecule has 0 bridgehead atoms. The molecule has 5 rings (SSSR count). The van der Waals surface area contributed by atoms with Crippen LogP contribution in [0, 0.1) is 0 Å². The minimum Gasteiger partial charge on any atom is -0.384 e. The first-order valence-corrected chi connectivity index (χ1v) is 14.4. The molecule has 11 heteroatoms. The van der Waals surface area contributed by atoms with Gasteiger partial charge in [-0.15, -0.1) is 4.28 Å². The number of fused-ring (bicyclic) bond motifs is 2. The van der Waals surface area contributed by atoms with Crippen LogP contribution in [0.5, 0.6) is 0 Å². The molecular weight excluding hydrogens is 541 g/mol. The second kappa shape index (κ2) is 13.1. The number of rotatable bonds is 9. The molecule has 3 aromatic rings. The third-order valence-electron chi connectivity index (χ3n) is 7.01. The van der Waals surface area contributed by atoms with Crippen molar-refractivity contribution >= 4 is 68.5 Å². The molecule has 0 heterocycles. The van der Waals surface area contributed by atoms with E-state index in [1.165, 1.54) is 18.6 Å². The minimum atomic E-state index is -4.15. The molecule has 203 valence electrons. The summed E-state index contributed by atoms with van der Waals surface area (Å²) in [6.07, 6.45) is 5.30. The SMILES string of the molecule is O=C(CCNc1ccc(NC2CCCCC2)c2c1C(=O)c1ccccc1C2=O)NOS(=O)(=O)c1ccccc1.[Na]. The summed E-state index contributed by atoms with van der Waals surface area (Å²) in [5.74, 6) is -1.16. The summed E-state index contributed by atoms with van der Waals surface area (Å²) < 4.78 is 29.1. The number of hydrogen-bond acceptors (Lipinski definition) is 8. The van der Waals surface area contributed by atoms with Crippen LogP contribution in [0.2, 0.25) is 0 Å². The number of nitrogens with one attached hydrogen (secondary N) is 3. The Morgan fingerprint density at radius 3 is 2.02 bits per heavy atom. The zero-order valence-electron chi connectivity index (χ0n) is 22.2. The largest absolute Gasteiger partial charge is 0.384 e. The predicted octanol–water partition coefficient (Wildman–Crippen LogP) is 4.06. The first kappa shape index (κ1) is 30.0. The van der Waals surface area contributed by atoms with Crippen molar-refractivity contribution in [2.75, 3.05) is 17.2 Å². The number of carbonyl (C=O) groups is 3. The van der Waals surface area contributed by atoms with Gasteiger partial charge in [0.15, 0.2) is 11.6 Å². The summed E-state index contributed by atoms with van der Waals surface area (Å²) in [4.78, 5) is 39.4. The standard InChI is InChI=1S/C29H29N3O6S.Na/c33-25(32-38-39(36,37)20-11-5-2-6-12-20)17-18-30-23-15-16-24(31-19-9-3-1-4-10-19)27-26(23)28(34)21-13-7-8-14-22(21)29(27)35;/h2,5-8,11-16,19,30-31H,1,3-4,9-10,17-18H2,(H,32,33);. The molecule has 0 aromatic heterocycles. The van der Waals surface area contributed by atoms with Crippen molar-refractivity contribution in [2.45, 2.75) is 49.5 Å². The minimum absolute atomic E-state index is 0. The van der Waals surface area contributed by atoms with Gasteiger partial charge in [0.2, 0.25) is 5.91 Å². The van der Waals surface area contributed by atoms with Gasteiger partial charge in [0.1, 0.15) is 0 Å². The van der Waals surface area contributed by atoms with Gasteiger partial charge in [0.05, 0.1) is 16.0 Å². The molecule has 1 saturated carbocycles. The van der Waals surface area contributed by atoms with Crippen LogP contribution in [0.25, 0.3) is 0 Å². The van der Waals surface area contributed by atoms with E-state index in [2.05, 4.69) is 14.9 Å². The molecule has 3 aromatic carbocycles. The number of anilines is 2. The molecule has 0 saturated heterocycles. The molecule has 2 aliphatic carbocycles. The summed E-state index contributed by atoms with van der Waals surface area (Å²) in [6.45, 7) is 0.0749. The van der Waals surface area contributed by atoms with Crippen molar-refractivity contribution in [1.29, 1.82) is 0 Å². The van der Waals surface area contributed by atoms with Gasteiger partial charge < -0.3 is 10.6 Å². The fraction of sp³-hybridized carbons (Fsp3) is 0.276. The van der Waals surface area contributed by atoms with Crippen molar-refractivity contribution in [2.24, 2.45) is 0 Å². The zero-order chi connectivity index (χ0) is 27.4. The fourth-order valence-electron chi connectivity index (χ4n) is 5.06. The van der Waals surface area contributed by atoms with Gasteiger partial charge in [-0.25, -0.2) is 5.48 Å². The topological polar surface area (TPSA) is 131 Å². The summed E-state index contributed by atoms with van der Waals surface area (Å²) >= 11 is 0. The Morgan fingerprint density at radius 1 is 0.800 bits per heavy atom. The van der Waals surface area contributed by atoms with Gasteiger partial charge in [0.25, 0.3) is 0 Å². The molecule has 0 atom stereocenters. The van der Waals surface area contributed by atoms with Crippen LogP contribution in [0.15, 0.2) is 71.6 Å². The van der Waals surface area contributed by atoms with E-state index in [0.717, 1.165) is 25.7 Å². The molecule has 40 heavy (non-hydrogen) atoms. The quantitative estimate of drug-likeness (QED) is 0.203. The van der Waals surface area contributed by atoms with Crippen LogP contribution in [0.3, 0.4) is 0 Å². The maximum absolute atomic E-state index is 13.6. The van der Waals surface area contributed by atoms with E-state index < -0.39 is 16.0 Å². The van der Waals surface area contributed by atoms with Crippen LogP contribution in [-0.4, -0.2) is 68.0 Å². The number of hydroxylamine groups is 1. The Balaban J connectivity index is 0.00000370. The van der Waals surface area contributed by atoms with Crippen molar-refractivity contribution in [3.8, 4) is 0 Å². The molecule has 2 aliphatic rings. The number of carbonyl (C=O) groups excluding carboxylic acids is 3. The van der Waals surface area contributed by atoms with Gasteiger partial charge in [-0.1, -0.05) is 61.7 Å². The van der Waals surface area contributed by atoms with E-state index >= 15 is 0 Å². The second-order valence-electron chi connectivity index (χ2n) is 9.65. The number of ketones is 2. The van der Waals surface area contributed by atoms with Crippen molar-refractivity contribution in [3.05, 3.63) is 89.0 Å². The Bertz CT molecular complexity index is 1520. The third-order valence-corrected chi connectivity index (χ3v) is 8.16. The summed E-state index contributed by atoms with van der Waals surface area (Å²) in [7, 11) is -4.15. The van der Waals surface area contributed by atoms with Crippen molar-refractivity contribution in [1.82, 2.24) is 5.48 Å².